The number of piperidine rings is 2. The number of nitrogens with zero attached hydrogens (tertiary/aromatic N) is 2. The number of unbranched alkanes of at least 4 members (excludes halogenated alkanes) is 2. The molecular formula is C28H52N2O4. The second-order valence-corrected chi connectivity index (χ2v) is 13.5. The number of hydrogen-bond acceptors (Lipinski definition) is 4. The number of carbonyl (C=O) groups is 2. The summed E-state index contributed by atoms with van der Waals surface area (Å²) >= 11 is 0. The Morgan fingerprint density at radius 3 is 1.35 bits per heavy atom. The van der Waals surface area contributed by atoms with Gasteiger partial charge in [-0.15, -0.1) is 0 Å². The molecule has 2 rings (SSSR count). The molecule has 6 nitrogen and oxygen atoms in total. The van der Waals surface area contributed by atoms with Gasteiger partial charge in [0.2, 0.25) is 0 Å². The van der Waals surface area contributed by atoms with Crippen molar-refractivity contribution in [1.29, 1.82) is 0 Å². The normalized spacial score (nSPS) is 24.6. The Morgan fingerprint density at radius 1 is 0.618 bits per heavy atom. The Bertz CT molecular complexity index is 656. The Labute approximate surface area is 208 Å². The summed E-state index contributed by atoms with van der Waals surface area (Å²) in [6.07, 6.45) is 10.9. The molecule has 2 N–H and O–H groups in total. The fourth-order valence-electron chi connectivity index (χ4n) is 8.09. The standard InChI is InChI=1S/C28H52N2O4/c1-24(2)16-12-17-25(3,4)29(24)28(21-15-23(33)34,20-11-9-10-14-22(31)32)30-26(5,6)18-13-19-27(30,7)8/h9-21H2,1-8H3,(H,31,32)(H,33,34). The average Bonchev–Trinajstić information content (AvgIpc) is 2.62. The summed E-state index contributed by atoms with van der Waals surface area (Å²) in [7, 11) is 0. The summed E-state index contributed by atoms with van der Waals surface area (Å²) in [6.45, 7) is 18.8. The summed E-state index contributed by atoms with van der Waals surface area (Å²) in [5.74, 6) is -1.48. The van der Waals surface area contributed by atoms with Crippen LogP contribution in [0.15, 0.2) is 0 Å². The second-order valence-electron chi connectivity index (χ2n) is 13.5. The molecule has 0 amide bonds. The highest BCUT2D eigenvalue weighted by Gasteiger charge is 2.60. The minimum absolute atomic E-state index is 0.0646. The highest BCUT2D eigenvalue weighted by Crippen LogP contribution is 2.54. The lowest BCUT2D eigenvalue weighted by Gasteiger charge is -2.71. The van der Waals surface area contributed by atoms with Crippen molar-refractivity contribution in [1.82, 2.24) is 9.80 Å². The van der Waals surface area contributed by atoms with Gasteiger partial charge in [0.05, 0.1) is 5.66 Å². The number of carboxylic acids is 2. The Morgan fingerprint density at radius 2 is 1.00 bits per heavy atom. The molecule has 2 heterocycles. The highest BCUT2D eigenvalue weighted by molar-refractivity contribution is 5.67. The van der Waals surface area contributed by atoms with Crippen LogP contribution in [0.5, 0.6) is 0 Å². The predicted molar refractivity (Wildman–Crippen MR) is 138 cm³/mol. The molecule has 6 heteroatoms. The van der Waals surface area contributed by atoms with Gasteiger partial charge in [0, 0.05) is 35.0 Å². The van der Waals surface area contributed by atoms with Crippen molar-refractivity contribution in [3.05, 3.63) is 0 Å². The fourth-order valence-corrected chi connectivity index (χ4v) is 8.09. The minimum atomic E-state index is -0.742. The smallest absolute Gasteiger partial charge is 0.303 e. The maximum absolute atomic E-state index is 12.0. The molecule has 0 aromatic carbocycles. The lowest BCUT2D eigenvalue weighted by Crippen LogP contribution is -2.79. The van der Waals surface area contributed by atoms with Crippen molar-refractivity contribution in [2.24, 2.45) is 0 Å². The summed E-state index contributed by atoms with van der Waals surface area (Å²) in [6, 6.07) is 0. The predicted octanol–water partition coefficient (Wildman–Crippen LogP) is 6.67. The quantitative estimate of drug-likeness (QED) is 0.321. The average molecular weight is 481 g/mol. The van der Waals surface area contributed by atoms with E-state index < -0.39 is 17.6 Å². The second kappa shape index (κ2) is 10.5. The van der Waals surface area contributed by atoms with Gasteiger partial charge in [0.15, 0.2) is 0 Å². The first-order valence-electron chi connectivity index (χ1n) is 13.5. The Hall–Kier alpha value is -1.14. The van der Waals surface area contributed by atoms with E-state index in [0.29, 0.717) is 12.8 Å². The maximum Gasteiger partial charge on any atom is 0.303 e. The maximum atomic E-state index is 12.0. The van der Waals surface area contributed by atoms with Crippen molar-refractivity contribution in [3.8, 4) is 0 Å². The van der Waals surface area contributed by atoms with Gasteiger partial charge in [-0.05, 0) is 113 Å². The van der Waals surface area contributed by atoms with Crippen LogP contribution in [-0.4, -0.2) is 59.8 Å². The molecule has 2 aliphatic heterocycles. The highest BCUT2D eigenvalue weighted by atomic mass is 16.4. The van der Waals surface area contributed by atoms with Crippen LogP contribution in [0.25, 0.3) is 0 Å². The number of likely N-dealkylation sites (tertiary alicyclic amines) is 2. The van der Waals surface area contributed by atoms with Crippen LogP contribution in [0.2, 0.25) is 0 Å². The molecule has 0 aliphatic carbocycles. The lowest BCUT2D eigenvalue weighted by molar-refractivity contribution is -0.244. The first-order chi connectivity index (χ1) is 15.5. The van der Waals surface area contributed by atoms with E-state index in [4.69, 9.17) is 5.11 Å². The largest absolute Gasteiger partial charge is 0.481 e. The molecule has 0 aromatic rings. The van der Waals surface area contributed by atoms with Gasteiger partial charge in [0.1, 0.15) is 0 Å². The van der Waals surface area contributed by atoms with E-state index in [0.717, 1.165) is 44.9 Å². The summed E-state index contributed by atoms with van der Waals surface area (Å²) < 4.78 is 0. The van der Waals surface area contributed by atoms with E-state index in [2.05, 4.69) is 65.2 Å². The number of carboxylic acid groups (broad SMARTS) is 2. The van der Waals surface area contributed by atoms with E-state index in [9.17, 15) is 14.7 Å². The first kappa shape index (κ1) is 29.1. The third-order valence-corrected chi connectivity index (χ3v) is 8.62. The molecule has 0 aromatic heterocycles. The zero-order valence-electron chi connectivity index (χ0n) is 23.3. The molecule has 2 fully saturated rings. The van der Waals surface area contributed by atoms with Gasteiger partial charge in [-0.25, -0.2) is 0 Å². The fraction of sp³-hybridized carbons (Fsp3) is 0.929. The van der Waals surface area contributed by atoms with E-state index >= 15 is 0 Å². The van der Waals surface area contributed by atoms with Crippen LogP contribution in [0.1, 0.15) is 139 Å². The molecule has 34 heavy (non-hydrogen) atoms. The van der Waals surface area contributed by atoms with Crippen LogP contribution in [0.3, 0.4) is 0 Å². The molecule has 0 radical (unpaired) electrons. The van der Waals surface area contributed by atoms with E-state index in [-0.39, 0.29) is 35.0 Å². The Balaban J connectivity index is 2.67. The van der Waals surface area contributed by atoms with Crippen molar-refractivity contribution >= 4 is 11.9 Å². The van der Waals surface area contributed by atoms with Gasteiger partial charge in [-0.1, -0.05) is 12.8 Å². The molecule has 0 bridgehead atoms. The van der Waals surface area contributed by atoms with Crippen molar-refractivity contribution in [2.75, 3.05) is 0 Å². The lowest BCUT2D eigenvalue weighted by atomic mass is 9.70. The van der Waals surface area contributed by atoms with Gasteiger partial charge < -0.3 is 10.2 Å². The molecule has 198 valence electrons. The molecule has 0 spiro atoms. The number of rotatable bonds is 11. The van der Waals surface area contributed by atoms with Crippen LogP contribution in [-0.2, 0) is 9.59 Å². The van der Waals surface area contributed by atoms with E-state index in [1.807, 2.05) is 0 Å². The summed E-state index contributed by atoms with van der Waals surface area (Å²) in [5, 5.41) is 19.0. The number of aliphatic carboxylic acids is 2. The molecule has 0 atom stereocenters. The summed E-state index contributed by atoms with van der Waals surface area (Å²) in [5.41, 5.74) is -0.672. The van der Waals surface area contributed by atoms with Crippen LogP contribution in [0, 0.1) is 0 Å². The zero-order valence-corrected chi connectivity index (χ0v) is 23.3. The monoisotopic (exact) mass is 480 g/mol. The van der Waals surface area contributed by atoms with Gasteiger partial charge in [0.25, 0.3) is 0 Å². The SMILES string of the molecule is CC1(C)CCCC(C)(C)N1C(CCCCCC(=O)O)(CCC(=O)O)N1C(C)(C)CCCC1(C)C. The van der Waals surface area contributed by atoms with Crippen molar-refractivity contribution < 1.29 is 19.8 Å². The van der Waals surface area contributed by atoms with Crippen molar-refractivity contribution in [2.45, 2.75) is 167 Å². The van der Waals surface area contributed by atoms with Gasteiger partial charge in [-0.2, -0.15) is 0 Å². The van der Waals surface area contributed by atoms with E-state index in [1.165, 1.54) is 12.8 Å². The molecule has 2 saturated heterocycles. The minimum Gasteiger partial charge on any atom is -0.481 e. The van der Waals surface area contributed by atoms with Crippen LogP contribution < -0.4 is 0 Å². The first-order valence-corrected chi connectivity index (χ1v) is 13.5. The molecule has 0 unspecified atom stereocenters. The zero-order chi connectivity index (χ0) is 26.0. The number of hydrogen-bond donors (Lipinski definition) is 2. The topological polar surface area (TPSA) is 81.1 Å². The van der Waals surface area contributed by atoms with Crippen LogP contribution in [0.4, 0.5) is 0 Å². The molecular weight excluding hydrogens is 428 g/mol. The third-order valence-electron chi connectivity index (χ3n) is 8.62. The van der Waals surface area contributed by atoms with Gasteiger partial charge >= 0.3 is 11.9 Å². The molecule has 0 saturated carbocycles. The molecule has 2 aliphatic rings. The third kappa shape index (κ3) is 6.34. The van der Waals surface area contributed by atoms with Crippen molar-refractivity contribution in [3.63, 3.8) is 0 Å². The summed E-state index contributed by atoms with van der Waals surface area (Å²) in [4.78, 5) is 28.6. The Kier molecular flexibility index (Phi) is 8.95. The van der Waals surface area contributed by atoms with E-state index in [1.54, 1.807) is 0 Å². The van der Waals surface area contributed by atoms with Crippen LogP contribution >= 0.6 is 0 Å². The van der Waals surface area contributed by atoms with Gasteiger partial charge in [-0.3, -0.25) is 19.4 Å².